The van der Waals surface area contributed by atoms with E-state index >= 15 is 0 Å². The van der Waals surface area contributed by atoms with E-state index in [0.29, 0.717) is 6.54 Å². The molecule has 0 spiro atoms. The number of anilines is 1. The third-order valence-electron chi connectivity index (χ3n) is 4.95. The molecule has 3 rings (SSSR count). The number of hydrogen-bond acceptors (Lipinski definition) is 5. The molecule has 2 aromatic rings. The Bertz CT molecular complexity index is 882. The molecule has 1 unspecified atom stereocenters. The van der Waals surface area contributed by atoms with Crippen LogP contribution < -0.4 is 10.9 Å². The van der Waals surface area contributed by atoms with E-state index in [4.69, 9.17) is 0 Å². The second-order valence-electron chi connectivity index (χ2n) is 6.63. The van der Waals surface area contributed by atoms with Gasteiger partial charge in [0.05, 0.1) is 28.8 Å². The normalized spacial score (nSPS) is 15.7. The van der Waals surface area contributed by atoms with Crippen LogP contribution in [0.25, 0.3) is 0 Å². The lowest BCUT2D eigenvalue weighted by Gasteiger charge is -2.32. The molecule has 0 fully saturated rings. The third-order valence-corrected chi connectivity index (χ3v) is 4.95. The Balaban J connectivity index is 1.75. The first-order valence-electron chi connectivity index (χ1n) is 8.39. The van der Waals surface area contributed by atoms with Crippen LogP contribution >= 0.6 is 0 Å². The van der Waals surface area contributed by atoms with E-state index < -0.39 is 0 Å². The zero-order valence-corrected chi connectivity index (χ0v) is 15.3. The van der Waals surface area contributed by atoms with Crippen molar-refractivity contribution in [2.24, 2.45) is 14.1 Å². The summed E-state index contributed by atoms with van der Waals surface area (Å²) in [5, 5.41) is 11.6. The number of carbonyl (C=O) groups excluding carboxylic acids is 1. The lowest BCUT2D eigenvalue weighted by molar-refractivity contribution is -0.121. The largest absolute Gasteiger partial charge is 0.322 e. The molecule has 1 amide bonds. The summed E-state index contributed by atoms with van der Waals surface area (Å²) in [6.07, 6.45) is 0.728. The van der Waals surface area contributed by atoms with Gasteiger partial charge in [0.2, 0.25) is 5.91 Å². The summed E-state index contributed by atoms with van der Waals surface area (Å²) in [6.45, 7) is 6.98. The summed E-state index contributed by atoms with van der Waals surface area (Å²) in [5.74, 6) is -0.0700. The summed E-state index contributed by atoms with van der Waals surface area (Å²) in [4.78, 5) is 26.6. The van der Waals surface area contributed by atoms with E-state index in [9.17, 15) is 9.59 Å². The number of amides is 1. The summed E-state index contributed by atoms with van der Waals surface area (Å²) in [7, 11) is 3.51. The highest BCUT2D eigenvalue weighted by Crippen LogP contribution is 2.21. The van der Waals surface area contributed by atoms with Gasteiger partial charge < -0.3 is 5.32 Å². The highest BCUT2D eigenvalue weighted by Gasteiger charge is 2.27. The Morgan fingerprint density at radius 3 is 2.60 bits per heavy atom. The van der Waals surface area contributed by atoms with Gasteiger partial charge in [-0.2, -0.15) is 10.2 Å². The molecular weight excluding hydrogens is 320 g/mol. The number of aryl methyl sites for hydroxylation is 3. The van der Waals surface area contributed by atoms with Gasteiger partial charge in [-0.05, 0) is 26.3 Å². The Labute approximate surface area is 146 Å². The summed E-state index contributed by atoms with van der Waals surface area (Å²) in [5.41, 5.74) is 4.21. The van der Waals surface area contributed by atoms with Crippen LogP contribution in [0.1, 0.15) is 29.6 Å². The fourth-order valence-electron chi connectivity index (χ4n) is 3.19. The van der Waals surface area contributed by atoms with Crippen LogP contribution in [-0.4, -0.2) is 43.0 Å². The van der Waals surface area contributed by atoms with Gasteiger partial charge in [0.15, 0.2) is 0 Å². The Kier molecular flexibility index (Phi) is 4.47. The van der Waals surface area contributed by atoms with Crippen LogP contribution in [0, 0.1) is 13.8 Å². The van der Waals surface area contributed by atoms with Gasteiger partial charge >= 0.3 is 0 Å². The maximum atomic E-state index is 12.7. The van der Waals surface area contributed by atoms with Crippen LogP contribution in [0.15, 0.2) is 10.9 Å². The zero-order chi connectivity index (χ0) is 18.3. The maximum absolute atomic E-state index is 12.7. The molecule has 8 heteroatoms. The molecule has 0 aliphatic carbocycles. The number of rotatable bonds is 3. The van der Waals surface area contributed by atoms with Gasteiger partial charge in [-0.15, -0.1) is 0 Å². The second kappa shape index (κ2) is 6.44. The highest BCUT2D eigenvalue weighted by molar-refractivity contribution is 5.95. The zero-order valence-electron chi connectivity index (χ0n) is 15.3. The SMILES string of the molecule is Cc1nn(C)c(C)c1NC(=O)C(C)N1CCc2nn(C)c(=O)cc2C1. The van der Waals surface area contributed by atoms with Gasteiger partial charge in [-0.25, -0.2) is 4.68 Å². The van der Waals surface area contributed by atoms with Gasteiger partial charge in [-0.1, -0.05) is 0 Å². The van der Waals surface area contributed by atoms with Crippen LogP contribution in [0.2, 0.25) is 0 Å². The minimum absolute atomic E-state index is 0.0700. The predicted octanol–water partition coefficient (Wildman–Crippen LogP) is 0.516. The fraction of sp³-hybridized carbons (Fsp3) is 0.529. The standard InChI is InChI=1S/C17H24N6O2/c1-10-16(11(2)21(4)19-10)18-17(25)12(3)23-7-6-14-13(9-23)8-15(24)22(5)20-14/h8,12H,6-7,9H2,1-5H3,(H,18,25). The van der Waals surface area contributed by atoms with E-state index in [0.717, 1.165) is 41.3 Å². The molecule has 1 aliphatic rings. The monoisotopic (exact) mass is 344 g/mol. The number of fused-ring (bicyclic) bond motifs is 1. The van der Waals surface area contributed by atoms with E-state index in [-0.39, 0.29) is 17.5 Å². The van der Waals surface area contributed by atoms with Gasteiger partial charge in [0, 0.05) is 39.7 Å². The quantitative estimate of drug-likeness (QED) is 0.877. The van der Waals surface area contributed by atoms with Crippen molar-refractivity contribution in [3.05, 3.63) is 39.1 Å². The van der Waals surface area contributed by atoms with Crippen LogP contribution in [0.4, 0.5) is 5.69 Å². The lowest BCUT2D eigenvalue weighted by Crippen LogP contribution is -2.45. The molecule has 3 heterocycles. The van der Waals surface area contributed by atoms with Gasteiger partial charge in [0.25, 0.3) is 5.56 Å². The first kappa shape index (κ1) is 17.3. The maximum Gasteiger partial charge on any atom is 0.266 e. The minimum atomic E-state index is -0.309. The number of nitrogens with zero attached hydrogens (tertiary/aromatic N) is 5. The van der Waals surface area contributed by atoms with Crippen LogP contribution in [0.3, 0.4) is 0 Å². The topological polar surface area (TPSA) is 85.1 Å². The predicted molar refractivity (Wildman–Crippen MR) is 94.4 cm³/mol. The molecule has 1 atom stereocenters. The minimum Gasteiger partial charge on any atom is -0.322 e. The van der Waals surface area contributed by atoms with Gasteiger partial charge in [0.1, 0.15) is 0 Å². The molecule has 1 N–H and O–H groups in total. The summed E-state index contributed by atoms with van der Waals surface area (Å²) in [6, 6.07) is 1.31. The molecule has 25 heavy (non-hydrogen) atoms. The first-order valence-corrected chi connectivity index (χ1v) is 8.39. The summed E-state index contributed by atoms with van der Waals surface area (Å²) < 4.78 is 3.12. The molecule has 0 aromatic carbocycles. The van der Waals surface area contributed by atoms with Crippen molar-refractivity contribution in [1.82, 2.24) is 24.5 Å². The van der Waals surface area contributed by atoms with E-state index in [1.165, 1.54) is 4.68 Å². The highest BCUT2D eigenvalue weighted by atomic mass is 16.2. The van der Waals surface area contributed by atoms with Crippen molar-refractivity contribution in [1.29, 1.82) is 0 Å². The Morgan fingerprint density at radius 1 is 1.24 bits per heavy atom. The van der Waals surface area contributed by atoms with E-state index in [2.05, 4.69) is 20.4 Å². The van der Waals surface area contributed by atoms with E-state index in [1.54, 1.807) is 17.8 Å². The Hall–Kier alpha value is -2.48. The molecule has 1 aliphatic heterocycles. The molecular formula is C17H24N6O2. The average Bonchev–Trinajstić information content (AvgIpc) is 2.81. The van der Waals surface area contributed by atoms with Crippen molar-refractivity contribution in [3.8, 4) is 0 Å². The van der Waals surface area contributed by atoms with E-state index in [1.807, 2.05) is 27.8 Å². The van der Waals surface area contributed by atoms with Crippen molar-refractivity contribution >= 4 is 11.6 Å². The lowest BCUT2D eigenvalue weighted by atomic mass is 10.0. The van der Waals surface area contributed by atoms with Gasteiger partial charge in [-0.3, -0.25) is 19.2 Å². The molecule has 0 saturated carbocycles. The molecule has 2 aromatic heterocycles. The van der Waals surface area contributed by atoms with Crippen LogP contribution in [0.5, 0.6) is 0 Å². The fourth-order valence-corrected chi connectivity index (χ4v) is 3.19. The number of nitrogens with one attached hydrogen (secondary N) is 1. The number of carbonyl (C=O) groups is 1. The van der Waals surface area contributed by atoms with Crippen molar-refractivity contribution in [3.63, 3.8) is 0 Å². The Morgan fingerprint density at radius 2 is 1.96 bits per heavy atom. The molecule has 0 saturated heterocycles. The average molecular weight is 344 g/mol. The number of aromatic nitrogens is 4. The smallest absolute Gasteiger partial charge is 0.266 e. The third kappa shape index (κ3) is 3.21. The molecule has 8 nitrogen and oxygen atoms in total. The molecule has 134 valence electrons. The first-order chi connectivity index (χ1) is 11.8. The summed E-state index contributed by atoms with van der Waals surface area (Å²) >= 11 is 0. The van der Waals surface area contributed by atoms with Crippen molar-refractivity contribution in [2.75, 3.05) is 11.9 Å². The second-order valence-corrected chi connectivity index (χ2v) is 6.63. The van der Waals surface area contributed by atoms with Crippen LogP contribution in [-0.2, 0) is 31.9 Å². The number of hydrogen-bond donors (Lipinski definition) is 1. The van der Waals surface area contributed by atoms with Crippen molar-refractivity contribution < 1.29 is 4.79 Å². The van der Waals surface area contributed by atoms with Crippen molar-refractivity contribution in [2.45, 2.75) is 39.8 Å². The molecule has 0 bridgehead atoms. The molecule has 0 radical (unpaired) electrons.